The third-order valence-corrected chi connectivity index (χ3v) is 4.18. The summed E-state index contributed by atoms with van der Waals surface area (Å²) >= 11 is 11.8. The van der Waals surface area contributed by atoms with Crippen molar-refractivity contribution in [1.29, 1.82) is 0 Å². The monoisotopic (exact) mass is 334 g/mol. The number of fused-ring (bicyclic) bond motifs is 4. The van der Waals surface area contributed by atoms with E-state index in [1.165, 1.54) is 12.1 Å². The molecule has 0 radical (unpaired) electrons. The molecule has 0 atom stereocenters. The van der Waals surface area contributed by atoms with Crippen molar-refractivity contribution in [3.63, 3.8) is 0 Å². The Bertz CT molecular complexity index is 1060. The number of carbonyl (C=O) groups is 1. The van der Waals surface area contributed by atoms with Gasteiger partial charge in [0.15, 0.2) is 5.82 Å². The molecule has 3 aromatic rings. The number of hydrogen-bond acceptors (Lipinski definition) is 3. The highest BCUT2D eigenvalue weighted by Crippen LogP contribution is 2.30. The maximum atomic E-state index is 13.6. The first kappa shape index (κ1) is 13.4. The molecule has 1 aliphatic heterocycles. The van der Waals surface area contributed by atoms with E-state index in [2.05, 4.69) is 4.98 Å². The lowest BCUT2D eigenvalue weighted by molar-refractivity contribution is 0.103. The van der Waals surface area contributed by atoms with E-state index in [4.69, 9.17) is 23.2 Å². The summed E-state index contributed by atoms with van der Waals surface area (Å²) in [6.45, 7) is 0. The Morgan fingerprint density at radius 1 is 1.09 bits per heavy atom. The van der Waals surface area contributed by atoms with Gasteiger partial charge in [-0.3, -0.25) is 14.2 Å². The number of ketones is 1. The lowest BCUT2D eigenvalue weighted by atomic mass is 10.1. The van der Waals surface area contributed by atoms with Gasteiger partial charge in [-0.2, -0.15) is 0 Å². The van der Waals surface area contributed by atoms with Gasteiger partial charge in [0.1, 0.15) is 5.82 Å². The van der Waals surface area contributed by atoms with Crippen molar-refractivity contribution in [2.75, 3.05) is 0 Å². The molecule has 2 heterocycles. The first-order valence-corrected chi connectivity index (χ1v) is 7.00. The molecule has 1 aliphatic rings. The molecule has 0 saturated carbocycles. The molecule has 0 aliphatic carbocycles. The molecule has 0 bridgehead atoms. The summed E-state index contributed by atoms with van der Waals surface area (Å²) in [4.78, 5) is 29.2. The standard InChI is InChI=1S/C15H5Cl2FN2O2/c16-6-1-4-10-7(5-6)13(21)14-19-9-3-2-8(18)12(17)11(9)15(22)20(10)14/h1-5H. The van der Waals surface area contributed by atoms with Crippen LogP contribution in [0.3, 0.4) is 0 Å². The minimum atomic E-state index is -0.714. The van der Waals surface area contributed by atoms with E-state index in [0.29, 0.717) is 10.7 Å². The van der Waals surface area contributed by atoms with Crippen molar-refractivity contribution in [1.82, 2.24) is 9.55 Å². The van der Waals surface area contributed by atoms with Crippen LogP contribution in [0.15, 0.2) is 35.1 Å². The maximum absolute atomic E-state index is 13.6. The number of rotatable bonds is 0. The van der Waals surface area contributed by atoms with Crippen molar-refractivity contribution in [3.8, 4) is 5.69 Å². The summed E-state index contributed by atoms with van der Waals surface area (Å²) in [6.07, 6.45) is 0. The van der Waals surface area contributed by atoms with E-state index < -0.39 is 17.2 Å². The number of carbonyl (C=O) groups excluding carboxylic acids is 1. The average molecular weight is 335 g/mol. The topological polar surface area (TPSA) is 52.0 Å². The fourth-order valence-electron chi connectivity index (χ4n) is 2.59. The lowest BCUT2D eigenvalue weighted by Crippen LogP contribution is -2.22. The zero-order chi connectivity index (χ0) is 15.6. The summed E-state index contributed by atoms with van der Waals surface area (Å²) < 4.78 is 14.8. The van der Waals surface area contributed by atoms with Crippen LogP contribution in [-0.2, 0) is 0 Å². The van der Waals surface area contributed by atoms with Gasteiger partial charge >= 0.3 is 0 Å². The molecule has 22 heavy (non-hydrogen) atoms. The number of aromatic nitrogens is 2. The predicted molar refractivity (Wildman–Crippen MR) is 80.8 cm³/mol. The van der Waals surface area contributed by atoms with Crippen molar-refractivity contribution in [2.45, 2.75) is 0 Å². The number of nitrogens with zero attached hydrogens (tertiary/aromatic N) is 2. The number of hydrogen-bond donors (Lipinski definition) is 0. The SMILES string of the molecule is O=C1c2cc(Cl)ccc2-n2c1nc1ccc(F)c(Cl)c1c2=O. The van der Waals surface area contributed by atoms with Gasteiger partial charge in [-0.25, -0.2) is 9.37 Å². The lowest BCUT2D eigenvalue weighted by Gasteiger charge is -2.07. The second-order valence-electron chi connectivity index (χ2n) is 4.82. The van der Waals surface area contributed by atoms with Gasteiger partial charge in [0.2, 0.25) is 5.78 Å². The average Bonchev–Trinajstić information content (AvgIpc) is 2.76. The molecule has 0 amide bonds. The molecular formula is C15H5Cl2FN2O2. The molecule has 2 aromatic carbocycles. The van der Waals surface area contributed by atoms with E-state index >= 15 is 0 Å². The summed E-state index contributed by atoms with van der Waals surface area (Å²) in [6, 6.07) is 7.01. The Hall–Kier alpha value is -2.24. The molecule has 1 aromatic heterocycles. The largest absolute Gasteiger partial charge is 0.285 e. The highest BCUT2D eigenvalue weighted by molar-refractivity contribution is 6.35. The van der Waals surface area contributed by atoms with Crippen LogP contribution in [0.4, 0.5) is 4.39 Å². The van der Waals surface area contributed by atoms with Crippen LogP contribution in [-0.4, -0.2) is 15.3 Å². The summed E-state index contributed by atoms with van der Waals surface area (Å²) in [5.41, 5.74) is 0.238. The van der Waals surface area contributed by atoms with Crippen LogP contribution in [0.2, 0.25) is 10.0 Å². The Kier molecular flexibility index (Phi) is 2.67. The normalized spacial score (nSPS) is 12.6. The molecule has 0 spiro atoms. The van der Waals surface area contributed by atoms with Gasteiger partial charge in [-0.15, -0.1) is 0 Å². The molecule has 0 fully saturated rings. The highest BCUT2D eigenvalue weighted by atomic mass is 35.5. The highest BCUT2D eigenvalue weighted by Gasteiger charge is 2.31. The van der Waals surface area contributed by atoms with Gasteiger partial charge in [-0.05, 0) is 30.3 Å². The first-order valence-electron chi connectivity index (χ1n) is 6.24. The zero-order valence-electron chi connectivity index (χ0n) is 10.7. The van der Waals surface area contributed by atoms with Crippen molar-refractivity contribution in [2.24, 2.45) is 0 Å². The summed E-state index contributed by atoms with van der Waals surface area (Å²) in [5.74, 6) is -1.15. The Balaban J connectivity index is 2.21. The maximum Gasteiger partial charge on any atom is 0.267 e. The second kappa shape index (κ2) is 4.38. The van der Waals surface area contributed by atoms with Gasteiger partial charge < -0.3 is 0 Å². The van der Waals surface area contributed by atoms with Gasteiger partial charge in [0.05, 0.1) is 27.2 Å². The van der Waals surface area contributed by atoms with Crippen molar-refractivity contribution in [3.05, 3.63) is 67.9 Å². The molecule has 108 valence electrons. The van der Waals surface area contributed by atoms with Gasteiger partial charge in [-0.1, -0.05) is 23.2 Å². The fraction of sp³-hybridized carbons (Fsp3) is 0. The van der Waals surface area contributed by atoms with Gasteiger partial charge in [0.25, 0.3) is 5.56 Å². The Morgan fingerprint density at radius 2 is 1.86 bits per heavy atom. The van der Waals surface area contributed by atoms with Crippen LogP contribution >= 0.6 is 23.2 Å². The summed E-state index contributed by atoms with van der Waals surface area (Å²) in [5, 5.41) is 0.0165. The first-order chi connectivity index (χ1) is 10.5. The molecule has 0 saturated heterocycles. The smallest absolute Gasteiger partial charge is 0.267 e. The Labute approximate surface area is 132 Å². The fourth-order valence-corrected chi connectivity index (χ4v) is 3.00. The molecule has 0 N–H and O–H groups in total. The molecule has 0 unspecified atom stereocenters. The van der Waals surface area contributed by atoms with Crippen LogP contribution in [0.5, 0.6) is 0 Å². The van der Waals surface area contributed by atoms with E-state index in [9.17, 15) is 14.0 Å². The minimum absolute atomic E-state index is 0.0301. The molecular weight excluding hydrogens is 330 g/mol. The quantitative estimate of drug-likeness (QED) is 0.495. The van der Waals surface area contributed by atoms with Crippen molar-refractivity contribution >= 4 is 39.9 Å². The van der Waals surface area contributed by atoms with Gasteiger partial charge in [0, 0.05) is 5.02 Å². The van der Waals surface area contributed by atoms with E-state index in [1.807, 2.05) is 0 Å². The van der Waals surface area contributed by atoms with E-state index in [-0.39, 0.29) is 27.3 Å². The Morgan fingerprint density at radius 3 is 2.64 bits per heavy atom. The second-order valence-corrected chi connectivity index (χ2v) is 5.64. The zero-order valence-corrected chi connectivity index (χ0v) is 12.2. The third kappa shape index (κ3) is 1.60. The van der Waals surface area contributed by atoms with Crippen LogP contribution in [0, 0.1) is 5.82 Å². The third-order valence-electron chi connectivity index (χ3n) is 3.58. The number of benzene rings is 2. The van der Waals surface area contributed by atoms with E-state index in [1.54, 1.807) is 12.1 Å². The molecule has 7 heteroatoms. The molecule has 4 rings (SSSR count). The minimum Gasteiger partial charge on any atom is -0.285 e. The summed E-state index contributed by atoms with van der Waals surface area (Å²) in [7, 11) is 0. The predicted octanol–water partition coefficient (Wildman–Crippen LogP) is 3.38. The van der Waals surface area contributed by atoms with E-state index in [0.717, 1.165) is 10.6 Å². The van der Waals surface area contributed by atoms with Crippen LogP contribution in [0.25, 0.3) is 16.6 Å². The van der Waals surface area contributed by atoms with Crippen molar-refractivity contribution < 1.29 is 9.18 Å². The number of halogens is 3. The van der Waals surface area contributed by atoms with Crippen LogP contribution in [0.1, 0.15) is 16.2 Å². The molecule has 4 nitrogen and oxygen atoms in total. The van der Waals surface area contributed by atoms with Crippen LogP contribution < -0.4 is 5.56 Å².